The molecule has 1 aliphatic heterocycles. The van der Waals surface area contributed by atoms with Crippen molar-refractivity contribution in [2.45, 2.75) is 109 Å². The van der Waals surface area contributed by atoms with Crippen molar-refractivity contribution in [3.8, 4) is 0 Å². The van der Waals surface area contributed by atoms with E-state index in [1.165, 1.54) is 16.8 Å². The maximum atomic E-state index is 7.50. The lowest BCUT2D eigenvalue weighted by atomic mass is 9.68. The molecule has 5 heteroatoms. The molecule has 4 aliphatic rings. The van der Waals surface area contributed by atoms with Gasteiger partial charge < -0.3 is 9.16 Å². The Morgan fingerprint density at radius 1 is 0.811 bits per heavy atom. The summed E-state index contributed by atoms with van der Waals surface area (Å²) in [5, 5.41) is 2.57. The second-order valence-corrected chi connectivity index (χ2v) is 18.2. The van der Waals surface area contributed by atoms with Crippen molar-refractivity contribution < 1.29 is 18.9 Å². The average Bonchev–Trinajstić information content (AvgIpc) is 3.38. The smallest absolute Gasteiger partial charge is 0.261 e. The molecule has 5 atom stereocenters. The van der Waals surface area contributed by atoms with Crippen molar-refractivity contribution in [1.82, 2.24) is 0 Å². The van der Waals surface area contributed by atoms with E-state index in [-0.39, 0.29) is 22.0 Å². The van der Waals surface area contributed by atoms with Crippen LogP contribution in [-0.4, -0.2) is 26.0 Å². The minimum absolute atomic E-state index is 0.0400. The molecule has 6 rings (SSSR count). The Kier molecular flexibility index (Phi) is 5.91. The lowest BCUT2D eigenvalue weighted by Crippen LogP contribution is -2.68. The van der Waals surface area contributed by atoms with Crippen molar-refractivity contribution in [2.24, 2.45) is 16.7 Å². The van der Waals surface area contributed by atoms with Crippen LogP contribution < -0.4 is 10.4 Å². The Morgan fingerprint density at radius 2 is 1.43 bits per heavy atom. The SMILES string of the molecule is CC1(C)C2CCC1(C)C1(C2)OO[C@@]2(CCC[C@@H](O[Si](c3ccccc3)(c3ccccc3)C(C)(C)C)C2)O1. The van der Waals surface area contributed by atoms with E-state index in [9.17, 15) is 0 Å². The molecule has 3 saturated carbocycles. The van der Waals surface area contributed by atoms with Crippen molar-refractivity contribution in [3.63, 3.8) is 0 Å². The van der Waals surface area contributed by atoms with Crippen LogP contribution in [0.3, 0.4) is 0 Å². The van der Waals surface area contributed by atoms with E-state index in [0.29, 0.717) is 12.3 Å². The van der Waals surface area contributed by atoms with Crippen LogP contribution in [0.25, 0.3) is 0 Å². The number of ether oxygens (including phenoxy) is 1. The topological polar surface area (TPSA) is 36.9 Å². The zero-order valence-electron chi connectivity index (χ0n) is 23.5. The summed E-state index contributed by atoms with van der Waals surface area (Å²) in [4.78, 5) is 12.6. The van der Waals surface area contributed by atoms with Gasteiger partial charge in [0.1, 0.15) is 0 Å². The lowest BCUT2D eigenvalue weighted by molar-refractivity contribution is -0.374. The van der Waals surface area contributed by atoms with Crippen LogP contribution in [0.15, 0.2) is 60.7 Å². The Balaban J connectivity index is 1.33. The van der Waals surface area contributed by atoms with Crippen molar-refractivity contribution in [2.75, 3.05) is 0 Å². The third-order valence-electron chi connectivity index (χ3n) is 10.9. The molecule has 4 fully saturated rings. The first-order valence-corrected chi connectivity index (χ1v) is 16.2. The van der Waals surface area contributed by atoms with Gasteiger partial charge in [-0.25, -0.2) is 0 Å². The molecule has 4 nitrogen and oxygen atoms in total. The van der Waals surface area contributed by atoms with Gasteiger partial charge in [0.15, 0.2) is 0 Å². The fourth-order valence-electron chi connectivity index (χ4n) is 8.30. The Hall–Kier alpha value is -1.50. The van der Waals surface area contributed by atoms with Gasteiger partial charge in [0, 0.05) is 24.7 Å². The molecule has 2 aromatic rings. The van der Waals surface area contributed by atoms with Crippen molar-refractivity contribution in [3.05, 3.63) is 60.7 Å². The van der Waals surface area contributed by atoms with E-state index >= 15 is 0 Å². The maximum Gasteiger partial charge on any atom is 0.261 e. The Bertz CT molecular complexity index is 1090. The molecule has 0 amide bonds. The third kappa shape index (κ3) is 3.61. The van der Waals surface area contributed by atoms with E-state index in [1.807, 2.05) is 0 Å². The van der Waals surface area contributed by atoms with Crippen LogP contribution in [0, 0.1) is 16.7 Å². The van der Waals surface area contributed by atoms with E-state index in [4.69, 9.17) is 18.9 Å². The third-order valence-corrected chi connectivity index (χ3v) is 15.9. The molecule has 3 unspecified atom stereocenters. The molecule has 0 N–H and O–H groups in total. The van der Waals surface area contributed by atoms with Crippen LogP contribution in [0.1, 0.15) is 86.5 Å². The van der Waals surface area contributed by atoms with Gasteiger partial charge in [0.2, 0.25) is 11.6 Å². The van der Waals surface area contributed by atoms with Crippen LogP contribution >= 0.6 is 0 Å². The zero-order valence-corrected chi connectivity index (χ0v) is 24.5. The Labute approximate surface area is 224 Å². The summed E-state index contributed by atoms with van der Waals surface area (Å²) < 4.78 is 14.5. The normalized spacial score (nSPS) is 37.0. The second-order valence-electron chi connectivity index (χ2n) is 13.9. The molecule has 200 valence electrons. The highest BCUT2D eigenvalue weighted by molar-refractivity contribution is 6.99. The largest absolute Gasteiger partial charge is 0.404 e. The van der Waals surface area contributed by atoms with Gasteiger partial charge in [-0.05, 0) is 52.4 Å². The van der Waals surface area contributed by atoms with E-state index in [2.05, 4.69) is 102 Å². The maximum absolute atomic E-state index is 7.50. The highest BCUT2D eigenvalue weighted by Gasteiger charge is 2.75. The molecule has 3 aliphatic carbocycles. The minimum Gasteiger partial charge on any atom is -0.404 e. The zero-order chi connectivity index (χ0) is 26.2. The van der Waals surface area contributed by atoms with Crippen LogP contribution in [0.2, 0.25) is 5.04 Å². The van der Waals surface area contributed by atoms with Gasteiger partial charge in [0.05, 0.1) is 6.10 Å². The van der Waals surface area contributed by atoms with Gasteiger partial charge in [-0.3, -0.25) is 0 Å². The quantitative estimate of drug-likeness (QED) is 0.331. The van der Waals surface area contributed by atoms with Gasteiger partial charge >= 0.3 is 0 Å². The van der Waals surface area contributed by atoms with Crippen molar-refractivity contribution in [1.29, 1.82) is 0 Å². The van der Waals surface area contributed by atoms with Gasteiger partial charge in [-0.1, -0.05) is 102 Å². The molecule has 1 saturated heterocycles. The highest BCUT2D eigenvalue weighted by atomic mass is 28.4. The standard InChI is InChI=1S/C32H44O4Si/c1-28(2,3)37(26-15-9-7-10-16-26,27-17-11-8-12-18-27)33-25-14-13-20-31(23-25)34-32(36-35-31)22-24-19-21-30(32,6)29(24,4)5/h7-12,15-18,24-25H,13-14,19-23H2,1-6H3/t24?,25-,30?,31-,32?/m1/s1. The fraction of sp³-hybridized carbons (Fsp3) is 0.625. The van der Waals surface area contributed by atoms with Crippen LogP contribution in [0.5, 0.6) is 0 Å². The average molecular weight is 521 g/mol. The predicted octanol–water partition coefficient (Wildman–Crippen LogP) is 6.72. The first-order chi connectivity index (χ1) is 17.5. The van der Waals surface area contributed by atoms with E-state index in [1.54, 1.807) is 0 Å². The summed E-state index contributed by atoms with van der Waals surface area (Å²) in [5.41, 5.74) is 0.140. The molecule has 1 heterocycles. The summed E-state index contributed by atoms with van der Waals surface area (Å²) in [7, 11) is -2.65. The number of rotatable bonds is 4. The molecular weight excluding hydrogens is 476 g/mol. The number of hydrogen-bond acceptors (Lipinski definition) is 4. The molecule has 2 spiro atoms. The summed E-state index contributed by atoms with van der Waals surface area (Å²) >= 11 is 0. The number of fused-ring (bicyclic) bond motifs is 3. The molecule has 2 aromatic carbocycles. The summed E-state index contributed by atoms with van der Waals surface area (Å²) in [5.74, 6) is -0.750. The fourth-order valence-corrected chi connectivity index (χ4v) is 13.0. The molecular formula is C32H44O4Si. The molecule has 2 bridgehead atoms. The van der Waals surface area contributed by atoms with Crippen LogP contribution in [0.4, 0.5) is 0 Å². The molecule has 0 aromatic heterocycles. The van der Waals surface area contributed by atoms with Gasteiger partial charge in [-0.2, -0.15) is 9.78 Å². The summed E-state index contributed by atoms with van der Waals surface area (Å²) in [6.07, 6.45) is 6.94. The Morgan fingerprint density at radius 3 is 1.95 bits per heavy atom. The number of benzene rings is 2. The first kappa shape index (κ1) is 25.8. The van der Waals surface area contributed by atoms with Crippen molar-refractivity contribution >= 4 is 18.7 Å². The predicted molar refractivity (Wildman–Crippen MR) is 149 cm³/mol. The second kappa shape index (κ2) is 8.50. The molecule has 0 radical (unpaired) electrons. The van der Waals surface area contributed by atoms with E-state index in [0.717, 1.165) is 32.1 Å². The van der Waals surface area contributed by atoms with Crippen LogP contribution in [-0.2, 0) is 18.9 Å². The van der Waals surface area contributed by atoms with E-state index < -0.39 is 19.9 Å². The minimum atomic E-state index is -2.65. The lowest BCUT2D eigenvalue weighted by Gasteiger charge is -2.48. The summed E-state index contributed by atoms with van der Waals surface area (Å²) in [6, 6.07) is 21.9. The summed E-state index contributed by atoms with van der Waals surface area (Å²) in [6.45, 7) is 14.2. The monoisotopic (exact) mass is 520 g/mol. The van der Waals surface area contributed by atoms with Gasteiger partial charge in [-0.15, -0.1) is 0 Å². The van der Waals surface area contributed by atoms with Gasteiger partial charge in [0.25, 0.3) is 8.32 Å². The molecule has 37 heavy (non-hydrogen) atoms. The number of hydrogen-bond donors (Lipinski definition) is 0. The highest BCUT2D eigenvalue weighted by Crippen LogP contribution is 2.73. The first-order valence-electron chi connectivity index (χ1n) is 14.3.